The number of carbonyl (C=O) groups excluding carboxylic acids is 1. The summed E-state index contributed by atoms with van der Waals surface area (Å²) < 4.78 is 40.6. The summed E-state index contributed by atoms with van der Waals surface area (Å²) >= 11 is 0. The van der Waals surface area contributed by atoms with Crippen LogP contribution in [0.4, 0.5) is 13.2 Å². The molecule has 0 saturated carbocycles. The molecule has 2 nitrogen and oxygen atoms in total. The van der Waals surface area contributed by atoms with Crippen molar-refractivity contribution in [3.8, 4) is 0 Å². The Morgan fingerprint density at radius 1 is 1.24 bits per heavy atom. The van der Waals surface area contributed by atoms with E-state index < -0.39 is 17.7 Å². The Labute approximate surface area is 96.7 Å². The average Bonchev–Trinajstić information content (AvgIpc) is 2.28. The normalized spacial score (nSPS) is 11.0. The maximum absolute atomic E-state index is 12.0. The van der Waals surface area contributed by atoms with Crippen LogP contribution in [0.1, 0.15) is 5.56 Å². The van der Waals surface area contributed by atoms with Gasteiger partial charge >= 0.3 is 12.1 Å². The second kappa shape index (κ2) is 5.52. The third-order valence-electron chi connectivity index (χ3n) is 2.06. The molecule has 0 amide bonds. The molecule has 0 bridgehead atoms. The van der Waals surface area contributed by atoms with Crippen LogP contribution in [0.3, 0.4) is 0 Å². The fraction of sp³-hybridized carbons (Fsp3) is 0.250. The molecule has 0 radical (unpaired) electrons. The summed E-state index contributed by atoms with van der Waals surface area (Å²) in [6, 6.07) is 9.01. The van der Waals surface area contributed by atoms with Gasteiger partial charge in [-0.25, -0.2) is 4.79 Å². The molecule has 0 saturated heterocycles. The molecule has 0 unspecified atom stereocenters. The summed E-state index contributed by atoms with van der Waals surface area (Å²) in [5.74, 6) is -1.42. The van der Waals surface area contributed by atoms with Gasteiger partial charge in [0.1, 0.15) is 5.57 Å². The number of ether oxygens (including phenoxy) is 1. The molecule has 0 heterocycles. The number of alkyl halides is 3. The largest absolute Gasteiger partial charge is 0.462 e. The molecule has 0 aliphatic heterocycles. The van der Waals surface area contributed by atoms with Crippen LogP contribution in [0.5, 0.6) is 0 Å². The maximum Gasteiger partial charge on any atom is 0.422 e. The van der Waals surface area contributed by atoms with E-state index in [1.54, 1.807) is 24.3 Å². The topological polar surface area (TPSA) is 26.3 Å². The Morgan fingerprint density at radius 3 is 2.35 bits per heavy atom. The van der Waals surface area contributed by atoms with Crippen LogP contribution < -0.4 is 0 Å². The van der Waals surface area contributed by atoms with Gasteiger partial charge in [-0.15, -0.1) is 0 Å². The van der Waals surface area contributed by atoms with Gasteiger partial charge in [0, 0.05) is 6.42 Å². The van der Waals surface area contributed by atoms with Crippen LogP contribution in [0.25, 0.3) is 0 Å². The summed E-state index contributed by atoms with van der Waals surface area (Å²) in [6.45, 7) is 2.55. The van der Waals surface area contributed by atoms with Crippen molar-refractivity contribution in [1.82, 2.24) is 0 Å². The van der Waals surface area contributed by atoms with Gasteiger partial charge in [-0.3, -0.25) is 0 Å². The number of hydrogen-bond donors (Lipinski definition) is 0. The van der Waals surface area contributed by atoms with Gasteiger partial charge in [-0.1, -0.05) is 36.9 Å². The SMILES string of the molecule is C=C(C(=O)OCCc1ccccc1)C(F)(F)F. The molecule has 92 valence electrons. The molecular formula is C12H11F3O2. The summed E-state index contributed by atoms with van der Waals surface area (Å²) in [6.07, 6.45) is -4.36. The lowest BCUT2D eigenvalue weighted by atomic mass is 10.2. The first-order valence-electron chi connectivity index (χ1n) is 4.88. The second-order valence-electron chi connectivity index (χ2n) is 3.35. The van der Waals surface area contributed by atoms with E-state index in [-0.39, 0.29) is 6.61 Å². The summed E-state index contributed by atoms with van der Waals surface area (Å²) in [4.78, 5) is 10.9. The molecular weight excluding hydrogens is 233 g/mol. The van der Waals surface area contributed by atoms with Crippen molar-refractivity contribution in [2.24, 2.45) is 0 Å². The molecule has 17 heavy (non-hydrogen) atoms. The number of esters is 1. The highest BCUT2D eigenvalue weighted by Crippen LogP contribution is 2.24. The van der Waals surface area contributed by atoms with E-state index in [9.17, 15) is 18.0 Å². The van der Waals surface area contributed by atoms with Crippen molar-refractivity contribution in [1.29, 1.82) is 0 Å². The van der Waals surface area contributed by atoms with Crippen molar-refractivity contribution >= 4 is 5.97 Å². The summed E-state index contributed by atoms with van der Waals surface area (Å²) in [5.41, 5.74) is -0.594. The second-order valence-corrected chi connectivity index (χ2v) is 3.35. The van der Waals surface area contributed by atoms with Gasteiger partial charge in [0.15, 0.2) is 0 Å². The molecule has 0 aliphatic carbocycles. The van der Waals surface area contributed by atoms with Gasteiger partial charge in [-0.05, 0) is 5.56 Å². The Balaban J connectivity index is 2.38. The molecule has 0 atom stereocenters. The molecule has 1 rings (SSSR count). The van der Waals surface area contributed by atoms with E-state index in [1.165, 1.54) is 0 Å². The highest BCUT2D eigenvalue weighted by Gasteiger charge is 2.37. The fourth-order valence-electron chi connectivity index (χ4n) is 1.11. The number of benzene rings is 1. The van der Waals surface area contributed by atoms with Gasteiger partial charge < -0.3 is 4.74 Å². The van der Waals surface area contributed by atoms with Gasteiger partial charge in [-0.2, -0.15) is 13.2 Å². The Kier molecular flexibility index (Phi) is 4.31. The van der Waals surface area contributed by atoms with Crippen LogP contribution in [0, 0.1) is 0 Å². The summed E-state index contributed by atoms with van der Waals surface area (Å²) in [7, 11) is 0. The Bertz CT molecular complexity index is 396. The van der Waals surface area contributed by atoms with Crippen molar-refractivity contribution < 1.29 is 22.7 Å². The standard InChI is InChI=1S/C12H11F3O2/c1-9(12(13,14)15)11(16)17-8-7-10-5-3-2-4-6-10/h2-6H,1,7-8H2. The third-order valence-corrected chi connectivity index (χ3v) is 2.06. The number of rotatable bonds is 4. The minimum atomic E-state index is -4.73. The van der Waals surface area contributed by atoms with Crippen LogP contribution in [0.15, 0.2) is 42.5 Å². The van der Waals surface area contributed by atoms with Crippen LogP contribution in [0.2, 0.25) is 0 Å². The molecule has 0 fully saturated rings. The van der Waals surface area contributed by atoms with Crippen molar-refractivity contribution in [2.75, 3.05) is 6.61 Å². The molecule has 0 aromatic heterocycles. The van der Waals surface area contributed by atoms with E-state index in [0.29, 0.717) is 6.42 Å². The van der Waals surface area contributed by atoms with E-state index in [0.717, 1.165) is 5.56 Å². The molecule has 0 aliphatic rings. The molecule has 0 N–H and O–H groups in total. The maximum atomic E-state index is 12.0. The lowest BCUT2D eigenvalue weighted by Crippen LogP contribution is -2.21. The zero-order valence-corrected chi connectivity index (χ0v) is 8.96. The lowest BCUT2D eigenvalue weighted by molar-refractivity contribution is -0.150. The Hall–Kier alpha value is -1.78. The fourth-order valence-corrected chi connectivity index (χ4v) is 1.11. The zero-order valence-electron chi connectivity index (χ0n) is 8.96. The summed E-state index contributed by atoms with van der Waals surface area (Å²) in [5, 5.41) is 0. The molecule has 1 aromatic rings. The first-order chi connectivity index (χ1) is 7.91. The average molecular weight is 244 g/mol. The highest BCUT2D eigenvalue weighted by molar-refractivity contribution is 5.89. The smallest absolute Gasteiger partial charge is 0.422 e. The number of carbonyl (C=O) groups is 1. The van der Waals surface area contributed by atoms with Crippen LogP contribution in [-0.2, 0) is 16.0 Å². The van der Waals surface area contributed by atoms with Crippen LogP contribution >= 0.6 is 0 Å². The van der Waals surface area contributed by atoms with E-state index >= 15 is 0 Å². The lowest BCUT2D eigenvalue weighted by Gasteiger charge is -2.09. The monoisotopic (exact) mass is 244 g/mol. The minimum absolute atomic E-state index is 0.0993. The highest BCUT2D eigenvalue weighted by atomic mass is 19.4. The van der Waals surface area contributed by atoms with E-state index in [4.69, 9.17) is 0 Å². The Morgan fingerprint density at radius 2 is 1.82 bits per heavy atom. The minimum Gasteiger partial charge on any atom is -0.462 e. The van der Waals surface area contributed by atoms with Gasteiger partial charge in [0.25, 0.3) is 0 Å². The third kappa shape index (κ3) is 4.30. The quantitative estimate of drug-likeness (QED) is 0.601. The molecule has 5 heteroatoms. The van der Waals surface area contributed by atoms with Crippen molar-refractivity contribution in [3.05, 3.63) is 48.0 Å². The number of halogens is 3. The van der Waals surface area contributed by atoms with E-state index in [2.05, 4.69) is 11.3 Å². The first kappa shape index (κ1) is 13.3. The first-order valence-corrected chi connectivity index (χ1v) is 4.88. The van der Waals surface area contributed by atoms with Gasteiger partial charge in [0.2, 0.25) is 0 Å². The van der Waals surface area contributed by atoms with Gasteiger partial charge in [0.05, 0.1) is 6.61 Å². The molecule has 0 spiro atoms. The van der Waals surface area contributed by atoms with E-state index in [1.807, 2.05) is 6.07 Å². The van der Waals surface area contributed by atoms with Crippen molar-refractivity contribution in [2.45, 2.75) is 12.6 Å². The van der Waals surface area contributed by atoms with Crippen LogP contribution in [-0.4, -0.2) is 18.8 Å². The van der Waals surface area contributed by atoms with Crippen molar-refractivity contribution in [3.63, 3.8) is 0 Å². The predicted molar refractivity (Wildman–Crippen MR) is 56.3 cm³/mol. The zero-order chi connectivity index (χ0) is 12.9. The number of hydrogen-bond acceptors (Lipinski definition) is 2. The predicted octanol–water partition coefficient (Wildman–Crippen LogP) is 2.89. The molecule has 1 aromatic carbocycles.